The van der Waals surface area contributed by atoms with Crippen molar-refractivity contribution in [2.24, 2.45) is 0 Å². The van der Waals surface area contributed by atoms with Crippen LogP contribution in [0.15, 0.2) is 18.2 Å². The van der Waals surface area contributed by atoms with Crippen molar-refractivity contribution in [2.75, 3.05) is 21.3 Å². The molecule has 0 bridgehead atoms. The molecule has 0 radical (unpaired) electrons. The highest BCUT2D eigenvalue weighted by molar-refractivity contribution is 5.76. The molecule has 1 atom stereocenters. The number of carbonyl (C=O) groups is 1. The van der Waals surface area contributed by atoms with E-state index in [-0.39, 0.29) is 5.97 Å². The second-order valence-electron chi connectivity index (χ2n) is 3.19. The smallest absolute Gasteiger partial charge is 0.369 e. The molecular weight excluding hydrogens is 210 g/mol. The predicted octanol–water partition coefficient (Wildman–Crippen LogP) is 0.160. The Bertz CT molecular complexity index is 378. The average Bonchev–Trinajstić information content (AvgIpc) is 2.35. The first-order valence-electron chi connectivity index (χ1n) is 4.76. The van der Waals surface area contributed by atoms with Gasteiger partial charge in [0.2, 0.25) is 6.04 Å². The van der Waals surface area contributed by atoms with Crippen LogP contribution < -0.4 is 15.2 Å². The second kappa shape index (κ2) is 5.37. The van der Waals surface area contributed by atoms with Crippen LogP contribution in [0.5, 0.6) is 11.5 Å². The monoisotopic (exact) mass is 226 g/mol. The van der Waals surface area contributed by atoms with Gasteiger partial charge in [0.1, 0.15) is 0 Å². The standard InChI is InChI=1S/C11H15NO4/c1-14-8-5-4-7(6-9(8)15-2)10(12)11(13)16-3/h4-6,10H,12H2,1-3H3/p+1/t10-/m1/s1. The molecular formula is C11H16NO4+. The molecule has 1 aromatic rings. The number of methoxy groups -OCH3 is 3. The SMILES string of the molecule is COC(=O)[C@H]([NH3+])c1ccc(OC)c(OC)c1. The molecule has 5 nitrogen and oxygen atoms in total. The van der Waals surface area contributed by atoms with Crippen LogP contribution in [0.4, 0.5) is 0 Å². The summed E-state index contributed by atoms with van der Waals surface area (Å²) in [5, 5.41) is 0. The van der Waals surface area contributed by atoms with Crippen molar-refractivity contribution in [3.05, 3.63) is 23.8 Å². The van der Waals surface area contributed by atoms with Crippen molar-refractivity contribution in [1.29, 1.82) is 0 Å². The van der Waals surface area contributed by atoms with E-state index < -0.39 is 6.04 Å². The van der Waals surface area contributed by atoms with Crippen molar-refractivity contribution in [2.45, 2.75) is 6.04 Å². The fourth-order valence-corrected chi connectivity index (χ4v) is 1.35. The maximum atomic E-state index is 11.3. The van der Waals surface area contributed by atoms with Crippen molar-refractivity contribution in [3.8, 4) is 11.5 Å². The zero-order valence-electron chi connectivity index (χ0n) is 9.65. The van der Waals surface area contributed by atoms with Crippen LogP contribution in [0.25, 0.3) is 0 Å². The average molecular weight is 226 g/mol. The predicted molar refractivity (Wildman–Crippen MR) is 57.2 cm³/mol. The number of hydrogen-bond acceptors (Lipinski definition) is 4. The summed E-state index contributed by atoms with van der Waals surface area (Å²) >= 11 is 0. The second-order valence-corrected chi connectivity index (χ2v) is 3.19. The number of hydrogen-bond donors (Lipinski definition) is 1. The van der Waals surface area contributed by atoms with Gasteiger partial charge in [-0.15, -0.1) is 0 Å². The minimum atomic E-state index is -0.565. The molecule has 16 heavy (non-hydrogen) atoms. The third-order valence-electron chi connectivity index (χ3n) is 2.30. The van der Waals surface area contributed by atoms with Crippen molar-refractivity contribution < 1.29 is 24.7 Å². The zero-order chi connectivity index (χ0) is 12.1. The maximum absolute atomic E-state index is 11.3. The Morgan fingerprint density at radius 3 is 2.31 bits per heavy atom. The van der Waals surface area contributed by atoms with E-state index in [9.17, 15) is 4.79 Å². The molecule has 0 heterocycles. The minimum absolute atomic E-state index is 0.382. The van der Waals surface area contributed by atoms with Gasteiger partial charge < -0.3 is 19.9 Å². The summed E-state index contributed by atoms with van der Waals surface area (Å²) in [6.45, 7) is 0. The molecule has 0 aliphatic carbocycles. The van der Waals surface area contributed by atoms with Crippen LogP contribution in [0, 0.1) is 0 Å². The first-order chi connectivity index (χ1) is 7.63. The normalized spacial score (nSPS) is 11.8. The van der Waals surface area contributed by atoms with Crippen LogP contribution in [0.3, 0.4) is 0 Å². The van der Waals surface area contributed by atoms with Gasteiger partial charge in [0.15, 0.2) is 11.5 Å². The van der Waals surface area contributed by atoms with Gasteiger partial charge in [-0.05, 0) is 18.2 Å². The molecule has 1 aromatic carbocycles. The zero-order valence-corrected chi connectivity index (χ0v) is 9.65. The Morgan fingerprint density at radius 1 is 1.19 bits per heavy atom. The molecule has 0 spiro atoms. The largest absolute Gasteiger partial charge is 0.493 e. The lowest BCUT2D eigenvalue weighted by Gasteiger charge is -2.11. The summed E-state index contributed by atoms with van der Waals surface area (Å²) in [6.07, 6.45) is 0. The highest BCUT2D eigenvalue weighted by Gasteiger charge is 2.21. The van der Waals surface area contributed by atoms with Gasteiger partial charge in [-0.25, -0.2) is 4.79 Å². The number of ether oxygens (including phenoxy) is 3. The quantitative estimate of drug-likeness (QED) is 0.742. The molecule has 0 saturated carbocycles. The van der Waals surface area contributed by atoms with E-state index >= 15 is 0 Å². The van der Waals surface area contributed by atoms with Crippen LogP contribution in [-0.4, -0.2) is 27.3 Å². The van der Waals surface area contributed by atoms with E-state index in [2.05, 4.69) is 10.5 Å². The Morgan fingerprint density at radius 2 is 1.81 bits per heavy atom. The van der Waals surface area contributed by atoms with E-state index in [4.69, 9.17) is 9.47 Å². The molecule has 0 fully saturated rings. The molecule has 0 amide bonds. The lowest BCUT2D eigenvalue weighted by molar-refractivity contribution is -0.414. The van der Waals surface area contributed by atoms with Crippen LogP contribution >= 0.6 is 0 Å². The summed E-state index contributed by atoms with van der Waals surface area (Å²) in [4.78, 5) is 11.3. The van der Waals surface area contributed by atoms with Gasteiger partial charge in [-0.2, -0.15) is 0 Å². The molecule has 3 N–H and O–H groups in total. The molecule has 0 saturated heterocycles. The van der Waals surface area contributed by atoms with E-state index in [1.54, 1.807) is 25.3 Å². The Labute approximate surface area is 94.1 Å². The molecule has 5 heteroatoms. The highest BCUT2D eigenvalue weighted by Crippen LogP contribution is 2.29. The van der Waals surface area contributed by atoms with E-state index in [0.29, 0.717) is 11.5 Å². The van der Waals surface area contributed by atoms with Gasteiger partial charge >= 0.3 is 5.97 Å². The van der Waals surface area contributed by atoms with Crippen molar-refractivity contribution in [3.63, 3.8) is 0 Å². The van der Waals surface area contributed by atoms with Gasteiger partial charge in [-0.3, -0.25) is 0 Å². The summed E-state index contributed by atoms with van der Waals surface area (Å²) in [6, 6.07) is 4.64. The highest BCUT2D eigenvalue weighted by atomic mass is 16.5. The molecule has 0 aliphatic rings. The summed E-state index contributed by atoms with van der Waals surface area (Å²) in [7, 11) is 4.43. The topological polar surface area (TPSA) is 72.4 Å². The summed E-state index contributed by atoms with van der Waals surface area (Å²) in [5.41, 5.74) is 4.47. The summed E-state index contributed by atoms with van der Waals surface area (Å²) < 4.78 is 14.9. The molecule has 0 aliphatic heterocycles. The number of esters is 1. The lowest BCUT2D eigenvalue weighted by Crippen LogP contribution is -2.57. The van der Waals surface area contributed by atoms with Crippen molar-refractivity contribution >= 4 is 5.97 Å². The van der Waals surface area contributed by atoms with E-state index in [0.717, 1.165) is 5.56 Å². The Kier molecular flexibility index (Phi) is 4.13. The summed E-state index contributed by atoms with van der Waals surface area (Å²) in [5.74, 6) is 0.799. The van der Waals surface area contributed by atoms with Gasteiger partial charge in [0, 0.05) is 5.56 Å². The molecule has 0 aromatic heterocycles. The lowest BCUT2D eigenvalue weighted by atomic mass is 10.1. The van der Waals surface area contributed by atoms with Gasteiger partial charge in [-0.1, -0.05) is 0 Å². The van der Waals surface area contributed by atoms with Crippen LogP contribution in [0.2, 0.25) is 0 Å². The number of benzene rings is 1. The Balaban J connectivity index is 3.03. The van der Waals surface area contributed by atoms with Crippen LogP contribution in [0.1, 0.15) is 11.6 Å². The first kappa shape index (κ1) is 12.3. The van der Waals surface area contributed by atoms with Gasteiger partial charge in [0.05, 0.1) is 21.3 Å². The maximum Gasteiger partial charge on any atom is 0.369 e. The van der Waals surface area contributed by atoms with Crippen LogP contribution in [-0.2, 0) is 9.53 Å². The van der Waals surface area contributed by atoms with E-state index in [1.807, 2.05) is 0 Å². The fourth-order valence-electron chi connectivity index (χ4n) is 1.35. The number of rotatable bonds is 4. The molecule has 0 unspecified atom stereocenters. The third kappa shape index (κ3) is 2.43. The van der Waals surface area contributed by atoms with Crippen molar-refractivity contribution in [1.82, 2.24) is 0 Å². The fraction of sp³-hybridized carbons (Fsp3) is 0.364. The molecule has 88 valence electrons. The minimum Gasteiger partial charge on any atom is -0.493 e. The third-order valence-corrected chi connectivity index (χ3v) is 2.30. The Hall–Kier alpha value is -1.75. The number of carbonyl (C=O) groups excluding carboxylic acids is 1. The number of quaternary nitrogens is 1. The molecule has 1 rings (SSSR count). The van der Waals surface area contributed by atoms with E-state index in [1.165, 1.54) is 14.2 Å². The first-order valence-corrected chi connectivity index (χ1v) is 4.76. The van der Waals surface area contributed by atoms with Gasteiger partial charge in [0.25, 0.3) is 0 Å².